The van der Waals surface area contributed by atoms with Crippen LogP contribution >= 0.6 is 11.3 Å². The standard InChI is InChI=1S/C17H30N4OS/c1-13(2)8-9-14(3)21-17(18-4)20-11-6-10-19-16(22)15-7-5-12-23-15/h5,7,12-14H,6,8-11H2,1-4H3,(H,19,22)(H2,18,20,21). The summed E-state index contributed by atoms with van der Waals surface area (Å²) in [6, 6.07) is 4.13. The van der Waals surface area contributed by atoms with Gasteiger partial charge in [-0.3, -0.25) is 9.79 Å². The van der Waals surface area contributed by atoms with Crippen LogP contribution in [-0.2, 0) is 0 Å². The Morgan fingerprint density at radius 3 is 2.57 bits per heavy atom. The number of nitrogens with one attached hydrogen (secondary N) is 3. The first-order valence-electron chi connectivity index (χ1n) is 8.31. The van der Waals surface area contributed by atoms with Gasteiger partial charge in [0.1, 0.15) is 0 Å². The monoisotopic (exact) mass is 338 g/mol. The predicted octanol–water partition coefficient (Wildman–Crippen LogP) is 2.86. The van der Waals surface area contributed by atoms with Crippen LogP contribution in [0.2, 0.25) is 0 Å². The lowest BCUT2D eigenvalue weighted by molar-refractivity contribution is 0.0957. The van der Waals surface area contributed by atoms with E-state index in [1.165, 1.54) is 17.8 Å². The maximum Gasteiger partial charge on any atom is 0.261 e. The fraction of sp³-hybridized carbons (Fsp3) is 0.647. The maximum atomic E-state index is 11.8. The highest BCUT2D eigenvalue weighted by atomic mass is 32.1. The van der Waals surface area contributed by atoms with Crippen LogP contribution in [0.15, 0.2) is 22.5 Å². The summed E-state index contributed by atoms with van der Waals surface area (Å²) in [5, 5.41) is 11.5. The van der Waals surface area contributed by atoms with E-state index in [4.69, 9.17) is 0 Å². The summed E-state index contributed by atoms with van der Waals surface area (Å²) in [7, 11) is 1.78. The van der Waals surface area contributed by atoms with E-state index >= 15 is 0 Å². The summed E-state index contributed by atoms with van der Waals surface area (Å²) < 4.78 is 0. The Morgan fingerprint density at radius 2 is 1.96 bits per heavy atom. The highest BCUT2D eigenvalue weighted by Gasteiger charge is 2.07. The van der Waals surface area contributed by atoms with Crippen LogP contribution in [0.4, 0.5) is 0 Å². The largest absolute Gasteiger partial charge is 0.356 e. The molecule has 5 nitrogen and oxygen atoms in total. The van der Waals surface area contributed by atoms with Gasteiger partial charge < -0.3 is 16.0 Å². The van der Waals surface area contributed by atoms with E-state index in [1.54, 1.807) is 7.05 Å². The Kier molecular flexibility index (Phi) is 9.36. The molecule has 1 atom stereocenters. The fourth-order valence-electron chi connectivity index (χ4n) is 2.08. The lowest BCUT2D eigenvalue weighted by atomic mass is 10.0. The summed E-state index contributed by atoms with van der Waals surface area (Å²) in [6.07, 6.45) is 3.20. The van der Waals surface area contributed by atoms with Crippen LogP contribution in [0.5, 0.6) is 0 Å². The third kappa shape index (κ3) is 8.59. The smallest absolute Gasteiger partial charge is 0.261 e. The average molecular weight is 339 g/mol. The van der Waals surface area contributed by atoms with Crippen LogP contribution in [0, 0.1) is 5.92 Å². The third-order valence-corrected chi connectivity index (χ3v) is 4.33. The molecule has 0 aromatic carbocycles. The number of carbonyl (C=O) groups excluding carboxylic acids is 1. The molecule has 0 aliphatic carbocycles. The second kappa shape index (κ2) is 11.0. The Bertz CT molecular complexity index is 471. The van der Waals surface area contributed by atoms with Crippen LogP contribution in [-0.4, -0.2) is 38.0 Å². The van der Waals surface area contributed by atoms with Crippen molar-refractivity contribution in [1.29, 1.82) is 0 Å². The normalized spacial score (nSPS) is 13.0. The van der Waals surface area contributed by atoms with Crippen molar-refractivity contribution in [1.82, 2.24) is 16.0 Å². The predicted molar refractivity (Wildman–Crippen MR) is 99.3 cm³/mol. The molecule has 1 aromatic heterocycles. The van der Waals surface area contributed by atoms with Crippen molar-refractivity contribution in [3.05, 3.63) is 22.4 Å². The molecule has 0 bridgehead atoms. The van der Waals surface area contributed by atoms with Crippen molar-refractivity contribution >= 4 is 23.2 Å². The quantitative estimate of drug-likeness (QED) is 0.368. The van der Waals surface area contributed by atoms with Gasteiger partial charge in [0.05, 0.1) is 4.88 Å². The third-order valence-electron chi connectivity index (χ3n) is 3.46. The van der Waals surface area contributed by atoms with Crippen molar-refractivity contribution in [2.75, 3.05) is 20.1 Å². The summed E-state index contributed by atoms with van der Waals surface area (Å²) in [6.45, 7) is 8.09. The Balaban J connectivity index is 2.14. The van der Waals surface area contributed by atoms with E-state index in [0.717, 1.165) is 36.1 Å². The van der Waals surface area contributed by atoms with Gasteiger partial charge in [0.15, 0.2) is 5.96 Å². The van der Waals surface area contributed by atoms with E-state index in [0.29, 0.717) is 12.6 Å². The lowest BCUT2D eigenvalue weighted by Crippen LogP contribution is -2.43. The number of thiophene rings is 1. The van der Waals surface area contributed by atoms with Gasteiger partial charge in [-0.25, -0.2) is 0 Å². The van der Waals surface area contributed by atoms with E-state index in [9.17, 15) is 4.79 Å². The summed E-state index contributed by atoms with van der Waals surface area (Å²) >= 11 is 1.46. The lowest BCUT2D eigenvalue weighted by Gasteiger charge is -2.18. The van der Waals surface area contributed by atoms with E-state index < -0.39 is 0 Å². The zero-order chi connectivity index (χ0) is 17.1. The first-order valence-corrected chi connectivity index (χ1v) is 9.19. The number of amides is 1. The van der Waals surface area contributed by atoms with Gasteiger partial charge in [-0.15, -0.1) is 11.3 Å². The number of hydrogen-bond donors (Lipinski definition) is 3. The van der Waals surface area contributed by atoms with E-state index in [2.05, 4.69) is 41.7 Å². The number of guanidine groups is 1. The first-order chi connectivity index (χ1) is 11.0. The van der Waals surface area contributed by atoms with E-state index in [-0.39, 0.29) is 5.91 Å². The SMILES string of the molecule is CN=C(NCCCNC(=O)c1cccs1)NC(C)CCC(C)C. The number of aliphatic imine (C=N–C) groups is 1. The molecule has 0 spiro atoms. The molecular formula is C17H30N4OS. The molecule has 0 aliphatic heterocycles. The number of rotatable bonds is 9. The van der Waals surface area contributed by atoms with Crippen LogP contribution in [0.3, 0.4) is 0 Å². The molecule has 0 saturated carbocycles. The van der Waals surface area contributed by atoms with Crippen molar-refractivity contribution < 1.29 is 4.79 Å². The van der Waals surface area contributed by atoms with Gasteiger partial charge in [-0.2, -0.15) is 0 Å². The molecule has 3 N–H and O–H groups in total. The highest BCUT2D eigenvalue weighted by Crippen LogP contribution is 2.07. The topological polar surface area (TPSA) is 65.5 Å². The second-order valence-corrected chi connectivity index (χ2v) is 7.05. The molecular weight excluding hydrogens is 308 g/mol. The van der Waals surface area contributed by atoms with Crippen molar-refractivity contribution in [2.45, 2.75) is 46.1 Å². The van der Waals surface area contributed by atoms with Gasteiger partial charge >= 0.3 is 0 Å². The molecule has 1 rings (SSSR count). The number of carbonyl (C=O) groups is 1. The van der Waals surface area contributed by atoms with Gasteiger partial charge in [0, 0.05) is 26.2 Å². The van der Waals surface area contributed by atoms with Gasteiger partial charge in [-0.05, 0) is 43.6 Å². The molecule has 1 heterocycles. The van der Waals surface area contributed by atoms with Crippen molar-refractivity contribution in [3.8, 4) is 0 Å². The summed E-state index contributed by atoms with van der Waals surface area (Å²) in [4.78, 5) is 16.8. The number of nitrogens with zero attached hydrogens (tertiary/aromatic N) is 1. The first kappa shape index (κ1) is 19.5. The highest BCUT2D eigenvalue weighted by molar-refractivity contribution is 7.12. The molecule has 23 heavy (non-hydrogen) atoms. The molecule has 0 radical (unpaired) electrons. The molecule has 0 fully saturated rings. The molecule has 1 aromatic rings. The van der Waals surface area contributed by atoms with Crippen molar-refractivity contribution in [3.63, 3.8) is 0 Å². The van der Waals surface area contributed by atoms with Gasteiger partial charge in [0.25, 0.3) is 5.91 Å². The summed E-state index contributed by atoms with van der Waals surface area (Å²) in [5.41, 5.74) is 0. The van der Waals surface area contributed by atoms with E-state index in [1.807, 2.05) is 17.5 Å². The van der Waals surface area contributed by atoms with Crippen LogP contribution in [0.1, 0.15) is 49.7 Å². The zero-order valence-electron chi connectivity index (χ0n) is 14.7. The minimum absolute atomic E-state index is 0.00446. The summed E-state index contributed by atoms with van der Waals surface area (Å²) in [5.74, 6) is 1.55. The zero-order valence-corrected chi connectivity index (χ0v) is 15.5. The van der Waals surface area contributed by atoms with Crippen LogP contribution < -0.4 is 16.0 Å². The molecule has 1 amide bonds. The minimum Gasteiger partial charge on any atom is -0.356 e. The van der Waals surface area contributed by atoms with Gasteiger partial charge in [-0.1, -0.05) is 19.9 Å². The second-order valence-electron chi connectivity index (χ2n) is 6.10. The fourth-order valence-corrected chi connectivity index (χ4v) is 2.72. The minimum atomic E-state index is 0.00446. The molecule has 1 unspecified atom stereocenters. The Labute approximate surface area is 144 Å². The number of hydrogen-bond acceptors (Lipinski definition) is 3. The molecule has 6 heteroatoms. The van der Waals surface area contributed by atoms with Crippen LogP contribution in [0.25, 0.3) is 0 Å². The average Bonchev–Trinajstić information content (AvgIpc) is 3.05. The molecule has 0 aliphatic rings. The Hall–Kier alpha value is -1.56. The molecule has 130 valence electrons. The van der Waals surface area contributed by atoms with Crippen molar-refractivity contribution in [2.24, 2.45) is 10.9 Å². The Morgan fingerprint density at radius 1 is 1.22 bits per heavy atom. The van der Waals surface area contributed by atoms with Gasteiger partial charge in [0.2, 0.25) is 0 Å². The maximum absolute atomic E-state index is 11.8. The molecule has 0 saturated heterocycles.